The second kappa shape index (κ2) is 7.84. The van der Waals surface area contributed by atoms with Crippen LogP contribution in [0.2, 0.25) is 0 Å². The predicted octanol–water partition coefficient (Wildman–Crippen LogP) is 4.28. The molecule has 1 aliphatic rings. The number of pyridine rings is 1. The van der Waals surface area contributed by atoms with Gasteiger partial charge in [-0.2, -0.15) is 0 Å². The van der Waals surface area contributed by atoms with Crippen LogP contribution < -0.4 is 11.1 Å². The van der Waals surface area contributed by atoms with Gasteiger partial charge in [0.05, 0.1) is 18.1 Å². The van der Waals surface area contributed by atoms with Gasteiger partial charge in [-0.3, -0.25) is 4.40 Å². The van der Waals surface area contributed by atoms with Crippen LogP contribution in [0.4, 0.5) is 10.3 Å². The first-order valence-electron chi connectivity index (χ1n) is 10.2. The quantitative estimate of drug-likeness (QED) is 0.533. The lowest BCUT2D eigenvalue weighted by molar-refractivity contribution is 0.409. The van der Waals surface area contributed by atoms with E-state index in [4.69, 9.17) is 5.73 Å². The van der Waals surface area contributed by atoms with Crippen molar-refractivity contribution in [1.29, 1.82) is 0 Å². The summed E-state index contributed by atoms with van der Waals surface area (Å²) in [5, 5.41) is 3.34. The molecule has 7 heteroatoms. The highest BCUT2D eigenvalue weighted by Gasteiger charge is 2.20. The fourth-order valence-corrected chi connectivity index (χ4v) is 4.03. The van der Waals surface area contributed by atoms with Gasteiger partial charge in [-0.25, -0.2) is 19.3 Å². The molecule has 0 bridgehead atoms. The molecule has 0 saturated heterocycles. The van der Waals surface area contributed by atoms with Crippen LogP contribution in [0.25, 0.3) is 28.2 Å². The average Bonchev–Trinajstić information content (AvgIpc) is 3.20. The van der Waals surface area contributed by atoms with Gasteiger partial charge in [0.25, 0.3) is 0 Å². The molecule has 4 aromatic rings. The predicted molar refractivity (Wildman–Crippen MR) is 115 cm³/mol. The SMILES string of the molecule is N[C@H]1CC[C@H](Nc2ncc(F)c(-c3cnc4cc(-c5ccccc5)ccn34)n2)CC1. The Kier molecular flexibility index (Phi) is 4.88. The zero-order valence-electron chi connectivity index (χ0n) is 16.5. The van der Waals surface area contributed by atoms with E-state index in [1.165, 1.54) is 6.20 Å². The minimum absolute atomic E-state index is 0.236. The van der Waals surface area contributed by atoms with E-state index in [1.807, 2.05) is 40.9 Å². The summed E-state index contributed by atoms with van der Waals surface area (Å²) in [4.78, 5) is 13.1. The lowest BCUT2D eigenvalue weighted by atomic mass is 9.92. The highest BCUT2D eigenvalue weighted by Crippen LogP contribution is 2.27. The molecule has 6 nitrogen and oxygen atoms in total. The van der Waals surface area contributed by atoms with Crippen molar-refractivity contribution in [3.8, 4) is 22.5 Å². The number of nitrogens with zero attached hydrogens (tertiary/aromatic N) is 4. The number of anilines is 1. The first-order chi connectivity index (χ1) is 14.7. The van der Waals surface area contributed by atoms with Crippen molar-refractivity contribution in [2.45, 2.75) is 37.8 Å². The van der Waals surface area contributed by atoms with E-state index in [2.05, 4.69) is 32.4 Å². The molecule has 1 fully saturated rings. The Hall–Kier alpha value is -3.32. The molecule has 30 heavy (non-hydrogen) atoms. The maximum absolute atomic E-state index is 14.6. The molecule has 0 spiro atoms. The zero-order valence-corrected chi connectivity index (χ0v) is 16.5. The van der Waals surface area contributed by atoms with Gasteiger partial charge >= 0.3 is 0 Å². The Morgan fingerprint density at radius 1 is 0.967 bits per heavy atom. The van der Waals surface area contributed by atoms with Crippen LogP contribution in [0, 0.1) is 5.82 Å². The van der Waals surface area contributed by atoms with Crippen molar-refractivity contribution in [3.63, 3.8) is 0 Å². The van der Waals surface area contributed by atoms with Crippen molar-refractivity contribution >= 4 is 11.6 Å². The lowest BCUT2D eigenvalue weighted by Crippen LogP contribution is -2.33. The normalized spacial score (nSPS) is 19.1. The number of rotatable bonds is 4. The molecule has 5 rings (SSSR count). The summed E-state index contributed by atoms with van der Waals surface area (Å²) >= 11 is 0. The maximum Gasteiger partial charge on any atom is 0.223 e. The van der Waals surface area contributed by atoms with Gasteiger partial charge in [0.15, 0.2) is 5.82 Å². The summed E-state index contributed by atoms with van der Waals surface area (Å²) in [5.74, 6) is -0.0390. The second-order valence-corrected chi connectivity index (χ2v) is 7.80. The summed E-state index contributed by atoms with van der Waals surface area (Å²) < 4.78 is 16.5. The monoisotopic (exact) mass is 402 g/mol. The molecule has 0 unspecified atom stereocenters. The third-order valence-corrected chi connectivity index (χ3v) is 5.71. The Bertz CT molecular complexity index is 1170. The van der Waals surface area contributed by atoms with Crippen molar-refractivity contribution in [1.82, 2.24) is 19.4 Å². The summed E-state index contributed by atoms with van der Waals surface area (Å²) in [7, 11) is 0. The molecule has 152 valence electrons. The van der Waals surface area contributed by atoms with E-state index in [1.54, 1.807) is 6.20 Å². The molecule has 3 heterocycles. The Labute approximate surface area is 174 Å². The number of nitrogens with one attached hydrogen (secondary N) is 1. The highest BCUT2D eigenvalue weighted by molar-refractivity contribution is 5.70. The average molecular weight is 402 g/mol. The van der Waals surface area contributed by atoms with Gasteiger partial charge < -0.3 is 11.1 Å². The Balaban J connectivity index is 1.46. The van der Waals surface area contributed by atoms with Crippen LogP contribution in [0.1, 0.15) is 25.7 Å². The third-order valence-electron chi connectivity index (χ3n) is 5.71. The maximum atomic E-state index is 14.6. The number of imidazole rings is 1. The van der Waals surface area contributed by atoms with Gasteiger partial charge in [0.2, 0.25) is 5.95 Å². The molecule has 1 aliphatic carbocycles. The standard InChI is InChI=1S/C23H23FN6/c24-19-13-27-23(28-18-8-6-17(25)7-9-18)29-22(19)20-14-26-21-12-16(10-11-30(20)21)15-4-2-1-3-5-15/h1-5,10-14,17-18H,6-9,25H2,(H,27,28,29)/t17-,18-. The van der Waals surface area contributed by atoms with Gasteiger partial charge in [-0.15, -0.1) is 0 Å². The number of benzene rings is 1. The van der Waals surface area contributed by atoms with Crippen LogP contribution in [-0.4, -0.2) is 31.4 Å². The molecular weight excluding hydrogens is 379 g/mol. The Morgan fingerprint density at radius 2 is 1.77 bits per heavy atom. The molecule has 0 amide bonds. The number of hydrogen-bond acceptors (Lipinski definition) is 5. The molecule has 0 aliphatic heterocycles. The summed E-state index contributed by atoms with van der Waals surface area (Å²) in [6.45, 7) is 0. The van der Waals surface area contributed by atoms with Crippen LogP contribution in [0.3, 0.4) is 0 Å². The lowest BCUT2D eigenvalue weighted by Gasteiger charge is -2.26. The molecule has 1 aromatic carbocycles. The van der Waals surface area contributed by atoms with E-state index in [9.17, 15) is 4.39 Å². The minimum Gasteiger partial charge on any atom is -0.351 e. The summed E-state index contributed by atoms with van der Waals surface area (Å²) in [6, 6.07) is 14.6. The topological polar surface area (TPSA) is 81.1 Å². The van der Waals surface area contributed by atoms with Gasteiger partial charge in [0, 0.05) is 18.3 Å². The van der Waals surface area contributed by atoms with Crippen molar-refractivity contribution in [2.24, 2.45) is 5.73 Å². The first kappa shape index (κ1) is 18.7. The van der Waals surface area contributed by atoms with Crippen LogP contribution >= 0.6 is 0 Å². The Morgan fingerprint density at radius 3 is 2.57 bits per heavy atom. The van der Waals surface area contributed by atoms with E-state index in [0.29, 0.717) is 11.6 Å². The van der Waals surface area contributed by atoms with E-state index < -0.39 is 5.82 Å². The first-order valence-corrected chi connectivity index (χ1v) is 10.2. The van der Waals surface area contributed by atoms with Crippen molar-refractivity contribution in [3.05, 3.63) is 66.9 Å². The van der Waals surface area contributed by atoms with Gasteiger partial charge in [0.1, 0.15) is 11.3 Å². The molecule has 0 radical (unpaired) electrons. The number of nitrogens with two attached hydrogens (primary N) is 1. The summed E-state index contributed by atoms with van der Waals surface area (Å²) in [5.41, 5.74) is 9.71. The van der Waals surface area contributed by atoms with Gasteiger partial charge in [-0.05, 0) is 48.9 Å². The largest absolute Gasteiger partial charge is 0.351 e. The zero-order chi connectivity index (χ0) is 20.5. The number of hydrogen-bond donors (Lipinski definition) is 2. The van der Waals surface area contributed by atoms with Crippen molar-refractivity contribution < 1.29 is 4.39 Å². The van der Waals surface area contributed by atoms with Gasteiger partial charge in [-0.1, -0.05) is 30.3 Å². The van der Waals surface area contributed by atoms with E-state index in [-0.39, 0.29) is 17.8 Å². The van der Waals surface area contributed by atoms with E-state index in [0.717, 1.165) is 42.5 Å². The smallest absolute Gasteiger partial charge is 0.223 e. The fraction of sp³-hybridized carbons (Fsp3) is 0.261. The number of aromatic nitrogens is 4. The third kappa shape index (κ3) is 3.64. The molecule has 0 atom stereocenters. The molecule has 3 N–H and O–H groups in total. The summed E-state index contributed by atoms with van der Waals surface area (Å²) in [6.07, 6.45) is 8.66. The fourth-order valence-electron chi connectivity index (χ4n) is 4.03. The molecule has 1 saturated carbocycles. The number of fused-ring (bicyclic) bond motifs is 1. The second-order valence-electron chi connectivity index (χ2n) is 7.80. The van der Waals surface area contributed by atoms with Crippen LogP contribution in [0.5, 0.6) is 0 Å². The molecular formula is C23H23FN6. The number of halogens is 1. The van der Waals surface area contributed by atoms with Crippen molar-refractivity contribution in [2.75, 3.05) is 5.32 Å². The molecule has 3 aromatic heterocycles. The van der Waals surface area contributed by atoms with E-state index >= 15 is 0 Å². The minimum atomic E-state index is -0.472. The highest BCUT2D eigenvalue weighted by atomic mass is 19.1. The van der Waals surface area contributed by atoms with Crippen LogP contribution in [0.15, 0.2) is 61.1 Å². The van der Waals surface area contributed by atoms with Crippen LogP contribution in [-0.2, 0) is 0 Å².